The highest BCUT2D eigenvalue weighted by Crippen LogP contribution is 2.27. The number of hydrogen-bond acceptors (Lipinski definition) is 3. The van der Waals surface area contributed by atoms with Crippen LogP contribution in [0.2, 0.25) is 0 Å². The van der Waals surface area contributed by atoms with Gasteiger partial charge in [-0.05, 0) is 32.0 Å². The molecular weight excluding hydrogens is 218 g/mol. The third-order valence-corrected chi connectivity index (χ3v) is 2.65. The van der Waals surface area contributed by atoms with Gasteiger partial charge in [-0.15, -0.1) is 0 Å². The number of nitrogens with zero attached hydrogens (tertiary/aromatic N) is 2. The van der Waals surface area contributed by atoms with Gasteiger partial charge in [-0.25, -0.2) is 4.98 Å². The fourth-order valence-corrected chi connectivity index (χ4v) is 1.85. The number of primary amides is 1. The van der Waals surface area contributed by atoms with Crippen LogP contribution in [0.5, 0.6) is 5.75 Å². The van der Waals surface area contributed by atoms with Crippen molar-refractivity contribution in [3.05, 3.63) is 41.5 Å². The molecule has 0 bridgehead atoms. The predicted molar refractivity (Wildman–Crippen MR) is 63.2 cm³/mol. The first kappa shape index (κ1) is 11.2. The quantitative estimate of drug-likeness (QED) is 0.817. The van der Waals surface area contributed by atoms with Crippen LogP contribution >= 0.6 is 0 Å². The average molecular weight is 231 g/mol. The van der Waals surface area contributed by atoms with E-state index in [1.807, 2.05) is 30.5 Å². The number of aromatic hydroxyl groups is 1. The van der Waals surface area contributed by atoms with Crippen LogP contribution in [0.4, 0.5) is 0 Å². The van der Waals surface area contributed by atoms with E-state index in [9.17, 15) is 9.90 Å². The van der Waals surface area contributed by atoms with E-state index in [0.29, 0.717) is 5.69 Å². The van der Waals surface area contributed by atoms with Crippen molar-refractivity contribution in [2.45, 2.75) is 13.8 Å². The van der Waals surface area contributed by atoms with Gasteiger partial charge in [-0.2, -0.15) is 0 Å². The number of carbonyl (C=O) groups is 1. The van der Waals surface area contributed by atoms with E-state index in [1.54, 1.807) is 6.07 Å². The van der Waals surface area contributed by atoms with Crippen molar-refractivity contribution in [1.29, 1.82) is 0 Å². The van der Waals surface area contributed by atoms with E-state index in [2.05, 4.69) is 4.98 Å². The lowest BCUT2D eigenvalue weighted by atomic mass is 10.2. The van der Waals surface area contributed by atoms with Crippen LogP contribution in [-0.4, -0.2) is 20.6 Å². The molecule has 5 nitrogen and oxygen atoms in total. The molecule has 0 saturated heterocycles. The van der Waals surface area contributed by atoms with Crippen molar-refractivity contribution >= 4 is 5.91 Å². The summed E-state index contributed by atoms with van der Waals surface area (Å²) in [6.45, 7) is 3.83. The Morgan fingerprint density at radius 1 is 1.29 bits per heavy atom. The van der Waals surface area contributed by atoms with Crippen LogP contribution in [-0.2, 0) is 0 Å². The molecule has 17 heavy (non-hydrogen) atoms. The topological polar surface area (TPSA) is 81.1 Å². The highest BCUT2D eigenvalue weighted by molar-refractivity contribution is 5.94. The molecule has 1 amide bonds. The van der Waals surface area contributed by atoms with Gasteiger partial charge in [0.05, 0.1) is 5.69 Å². The van der Waals surface area contributed by atoms with Crippen molar-refractivity contribution in [2.24, 2.45) is 5.73 Å². The summed E-state index contributed by atoms with van der Waals surface area (Å²) in [7, 11) is 0. The fourth-order valence-electron chi connectivity index (χ4n) is 1.85. The van der Waals surface area contributed by atoms with E-state index in [1.165, 1.54) is 6.20 Å². The van der Waals surface area contributed by atoms with Crippen LogP contribution < -0.4 is 5.73 Å². The monoisotopic (exact) mass is 231 g/mol. The van der Waals surface area contributed by atoms with Gasteiger partial charge < -0.3 is 15.4 Å². The molecule has 0 saturated carbocycles. The molecule has 0 aliphatic rings. The molecule has 0 aliphatic heterocycles. The zero-order valence-electron chi connectivity index (χ0n) is 9.64. The minimum absolute atomic E-state index is 0.116. The Morgan fingerprint density at radius 2 is 1.88 bits per heavy atom. The lowest BCUT2D eigenvalue weighted by Gasteiger charge is -2.12. The SMILES string of the molecule is Cc1ccc(C)n1-c1ccnc(C(N)=O)c1O. The van der Waals surface area contributed by atoms with Crippen molar-refractivity contribution in [1.82, 2.24) is 9.55 Å². The summed E-state index contributed by atoms with van der Waals surface area (Å²) in [6, 6.07) is 5.50. The van der Waals surface area contributed by atoms with Gasteiger partial charge in [0.15, 0.2) is 11.4 Å². The van der Waals surface area contributed by atoms with Gasteiger partial charge in [-0.1, -0.05) is 0 Å². The molecule has 0 atom stereocenters. The number of hydrogen-bond donors (Lipinski definition) is 2. The molecule has 5 heteroatoms. The zero-order chi connectivity index (χ0) is 12.6. The maximum absolute atomic E-state index is 11.1. The van der Waals surface area contributed by atoms with Crippen molar-refractivity contribution < 1.29 is 9.90 Å². The second kappa shape index (κ2) is 3.93. The Labute approximate surface area is 98.5 Å². The molecule has 2 aromatic rings. The smallest absolute Gasteiger partial charge is 0.271 e. The van der Waals surface area contributed by atoms with Gasteiger partial charge >= 0.3 is 0 Å². The molecule has 0 spiro atoms. The molecule has 0 aromatic carbocycles. The Kier molecular flexibility index (Phi) is 2.59. The van der Waals surface area contributed by atoms with Crippen molar-refractivity contribution in [3.63, 3.8) is 0 Å². The van der Waals surface area contributed by atoms with E-state index >= 15 is 0 Å². The van der Waals surface area contributed by atoms with Gasteiger partial charge in [0.1, 0.15) is 0 Å². The van der Waals surface area contributed by atoms with Crippen LogP contribution in [0.3, 0.4) is 0 Å². The summed E-state index contributed by atoms with van der Waals surface area (Å²) in [5, 5.41) is 10.00. The average Bonchev–Trinajstić information content (AvgIpc) is 2.59. The predicted octanol–water partition coefficient (Wildman–Crippen LogP) is 1.29. The summed E-state index contributed by atoms with van der Waals surface area (Å²) in [4.78, 5) is 14.9. The maximum atomic E-state index is 11.1. The molecule has 0 aliphatic carbocycles. The fraction of sp³-hybridized carbons (Fsp3) is 0.167. The second-order valence-corrected chi connectivity index (χ2v) is 3.84. The van der Waals surface area contributed by atoms with E-state index < -0.39 is 5.91 Å². The highest BCUT2D eigenvalue weighted by atomic mass is 16.3. The molecule has 3 N–H and O–H groups in total. The Hall–Kier alpha value is -2.30. The summed E-state index contributed by atoms with van der Waals surface area (Å²) < 4.78 is 1.84. The third kappa shape index (κ3) is 1.75. The number of aryl methyl sites for hydroxylation is 2. The molecule has 0 radical (unpaired) electrons. The lowest BCUT2D eigenvalue weighted by molar-refractivity contribution is 0.0992. The summed E-state index contributed by atoms with van der Waals surface area (Å²) >= 11 is 0. The molecule has 2 aromatic heterocycles. The van der Waals surface area contributed by atoms with Crippen LogP contribution in [0.15, 0.2) is 24.4 Å². The first-order valence-electron chi connectivity index (χ1n) is 5.15. The molecule has 0 unspecified atom stereocenters. The van der Waals surface area contributed by atoms with Crippen LogP contribution in [0.1, 0.15) is 21.9 Å². The van der Waals surface area contributed by atoms with E-state index in [4.69, 9.17) is 5.73 Å². The molecule has 2 heterocycles. The second-order valence-electron chi connectivity index (χ2n) is 3.84. The van der Waals surface area contributed by atoms with Crippen LogP contribution in [0.25, 0.3) is 5.69 Å². The van der Waals surface area contributed by atoms with Gasteiger partial charge in [0.2, 0.25) is 0 Å². The summed E-state index contributed by atoms with van der Waals surface area (Å²) in [5.74, 6) is -0.936. The first-order chi connectivity index (χ1) is 8.02. The normalized spacial score (nSPS) is 10.5. The summed E-state index contributed by atoms with van der Waals surface area (Å²) in [5.41, 5.74) is 7.45. The van der Waals surface area contributed by atoms with Gasteiger partial charge in [-0.3, -0.25) is 4.79 Å². The molecule has 0 fully saturated rings. The minimum atomic E-state index is -0.744. The Morgan fingerprint density at radius 3 is 2.41 bits per heavy atom. The summed E-state index contributed by atoms with van der Waals surface area (Å²) in [6.07, 6.45) is 1.45. The third-order valence-electron chi connectivity index (χ3n) is 2.65. The van der Waals surface area contributed by atoms with E-state index in [-0.39, 0.29) is 11.4 Å². The van der Waals surface area contributed by atoms with Gasteiger partial charge in [0.25, 0.3) is 5.91 Å². The van der Waals surface area contributed by atoms with Gasteiger partial charge in [0, 0.05) is 17.6 Å². The number of pyridine rings is 1. The number of nitrogens with two attached hydrogens (primary N) is 1. The number of rotatable bonds is 2. The lowest BCUT2D eigenvalue weighted by Crippen LogP contribution is -2.14. The number of aromatic nitrogens is 2. The maximum Gasteiger partial charge on any atom is 0.271 e. The zero-order valence-corrected chi connectivity index (χ0v) is 9.64. The largest absolute Gasteiger partial charge is 0.504 e. The standard InChI is InChI=1S/C12H13N3O2/c1-7-3-4-8(2)15(7)9-5-6-14-10(11(9)16)12(13)17/h3-6,16H,1-2H3,(H2,13,17). The van der Waals surface area contributed by atoms with Crippen molar-refractivity contribution in [3.8, 4) is 11.4 Å². The first-order valence-corrected chi connectivity index (χ1v) is 5.15. The number of amides is 1. The van der Waals surface area contributed by atoms with E-state index in [0.717, 1.165) is 11.4 Å². The Balaban J connectivity index is 2.69. The molecule has 88 valence electrons. The minimum Gasteiger partial charge on any atom is -0.504 e. The molecular formula is C12H13N3O2. The number of carbonyl (C=O) groups excluding carboxylic acids is 1. The van der Waals surface area contributed by atoms with Crippen LogP contribution in [0, 0.1) is 13.8 Å². The van der Waals surface area contributed by atoms with Crippen molar-refractivity contribution in [2.75, 3.05) is 0 Å². The highest BCUT2D eigenvalue weighted by Gasteiger charge is 2.16. The Bertz CT molecular complexity index is 568. The molecule has 2 rings (SSSR count).